The van der Waals surface area contributed by atoms with Gasteiger partial charge in [-0.15, -0.1) is 11.6 Å². The van der Waals surface area contributed by atoms with Gasteiger partial charge in [0.05, 0.1) is 5.69 Å². The van der Waals surface area contributed by atoms with Gasteiger partial charge in [-0.3, -0.25) is 4.79 Å². The van der Waals surface area contributed by atoms with Crippen LogP contribution in [0, 0.1) is 5.82 Å². The topological polar surface area (TPSA) is 20.3 Å². The van der Waals surface area contributed by atoms with E-state index in [4.69, 9.17) is 11.6 Å². The van der Waals surface area contributed by atoms with Gasteiger partial charge in [-0.05, 0) is 50.8 Å². The Morgan fingerprint density at radius 1 is 1.53 bits per heavy atom. The number of alkyl halides is 1. The highest BCUT2D eigenvalue weighted by atomic mass is 35.5. The number of benzene rings is 1. The molecule has 1 aliphatic heterocycles. The molecule has 0 aromatic heterocycles. The van der Waals surface area contributed by atoms with Crippen LogP contribution < -0.4 is 4.90 Å². The molecule has 0 fully saturated rings. The van der Waals surface area contributed by atoms with Crippen LogP contribution in [0.1, 0.15) is 45.6 Å². The van der Waals surface area contributed by atoms with Gasteiger partial charge < -0.3 is 4.90 Å². The number of rotatable bonds is 1. The first-order valence-electron chi connectivity index (χ1n) is 6.51. The molecule has 0 bridgehead atoms. The van der Waals surface area contributed by atoms with Gasteiger partial charge in [-0.25, -0.2) is 4.39 Å². The van der Waals surface area contributed by atoms with Crippen LogP contribution in [0.3, 0.4) is 0 Å². The quantitative estimate of drug-likeness (QED) is 0.712. The van der Waals surface area contributed by atoms with Gasteiger partial charge in [0.15, 0.2) is 0 Å². The lowest BCUT2D eigenvalue weighted by Gasteiger charge is -2.46. The number of anilines is 1. The third kappa shape index (κ3) is 2.48. The number of nitrogens with zero attached hydrogens (tertiary/aromatic N) is 1. The number of carbonyl (C=O) groups excluding carboxylic acids is 1. The molecular formula is C15H19ClFNO. The molecule has 2 nitrogen and oxygen atoms in total. The minimum absolute atomic E-state index is 0.176. The summed E-state index contributed by atoms with van der Waals surface area (Å²) in [6.45, 7) is 7.74. The molecule has 1 aromatic carbocycles. The number of fused-ring (bicyclic) bond motifs is 1. The van der Waals surface area contributed by atoms with Crippen LogP contribution in [0.4, 0.5) is 10.1 Å². The van der Waals surface area contributed by atoms with E-state index in [-0.39, 0.29) is 17.3 Å². The molecule has 1 aromatic rings. The van der Waals surface area contributed by atoms with Gasteiger partial charge in [0.2, 0.25) is 5.91 Å². The fourth-order valence-corrected chi connectivity index (χ4v) is 3.10. The van der Waals surface area contributed by atoms with E-state index in [0.29, 0.717) is 11.6 Å². The molecule has 0 aliphatic carbocycles. The molecule has 0 saturated heterocycles. The highest BCUT2D eigenvalue weighted by molar-refractivity contribution is 6.32. The molecule has 1 aliphatic rings. The highest BCUT2D eigenvalue weighted by Gasteiger charge is 2.41. The molecule has 0 spiro atoms. The summed E-state index contributed by atoms with van der Waals surface area (Å²) in [7, 11) is 0. The second kappa shape index (κ2) is 4.78. The summed E-state index contributed by atoms with van der Waals surface area (Å²) < 4.78 is 13.5. The SMILES string of the molecule is C[C@H](Cl)C(=O)N1c2cc(F)ccc2[C@@H](C)CC1(C)C. The summed E-state index contributed by atoms with van der Waals surface area (Å²) >= 11 is 5.95. The van der Waals surface area contributed by atoms with E-state index >= 15 is 0 Å². The Bertz CT molecular complexity index is 513. The maximum Gasteiger partial charge on any atom is 0.245 e. The van der Waals surface area contributed by atoms with Crippen LogP contribution in [-0.4, -0.2) is 16.8 Å². The summed E-state index contributed by atoms with van der Waals surface area (Å²) in [6.07, 6.45) is 0.834. The molecule has 0 unspecified atom stereocenters. The molecule has 4 heteroatoms. The van der Waals surface area contributed by atoms with Crippen LogP contribution in [0.2, 0.25) is 0 Å². The Balaban J connectivity index is 2.60. The van der Waals surface area contributed by atoms with Crippen LogP contribution in [0.25, 0.3) is 0 Å². The van der Waals surface area contributed by atoms with Crippen molar-refractivity contribution in [2.24, 2.45) is 0 Å². The molecule has 104 valence electrons. The van der Waals surface area contributed by atoms with Gasteiger partial charge in [-0.1, -0.05) is 13.0 Å². The van der Waals surface area contributed by atoms with Gasteiger partial charge in [0, 0.05) is 5.54 Å². The Hall–Kier alpha value is -1.09. The van der Waals surface area contributed by atoms with Gasteiger partial charge in [0.1, 0.15) is 11.2 Å². The van der Waals surface area contributed by atoms with Crippen molar-refractivity contribution < 1.29 is 9.18 Å². The molecular weight excluding hydrogens is 265 g/mol. The monoisotopic (exact) mass is 283 g/mol. The summed E-state index contributed by atoms with van der Waals surface area (Å²) in [5, 5.41) is -0.621. The maximum atomic E-state index is 13.5. The summed E-state index contributed by atoms with van der Waals surface area (Å²) in [5.41, 5.74) is 1.30. The van der Waals surface area contributed by atoms with Crippen molar-refractivity contribution in [2.75, 3.05) is 4.90 Å². The number of hydrogen-bond acceptors (Lipinski definition) is 1. The normalized spacial score (nSPS) is 22.8. The molecule has 0 N–H and O–H groups in total. The molecule has 2 rings (SSSR count). The van der Waals surface area contributed by atoms with E-state index in [1.54, 1.807) is 17.9 Å². The van der Waals surface area contributed by atoms with E-state index in [2.05, 4.69) is 6.92 Å². The van der Waals surface area contributed by atoms with Crippen LogP contribution in [-0.2, 0) is 4.79 Å². The minimum atomic E-state index is -0.621. The van der Waals surface area contributed by atoms with E-state index in [1.165, 1.54) is 12.1 Å². The van der Waals surface area contributed by atoms with Gasteiger partial charge in [0.25, 0.3) is 0 Å². The Kier molecular flexibility index (Phi) is 3.61. The number of hydrogen-bond donors (Lipinski definition) is 0. The first kappa shape index (κ1) is 14.3. The first-order chi connectivity index (χ1) is 8.74. The van der Waals surface area contributed by atoms with Gasteiger partial charge >= 0.3 is 0 Å². The Labute approximate surface area is 118 Å². The summed E-state index contributed by atoms with van der Waals surface area (Å²) in [6, 6.07) is 4.65. The Morgan fingerprint density at radius 2 is 2.16 bits per heavy atom. The molecule has 19 heavy (non-hydrogen) atoms. The van der Waals surface area contributed by atoms with Crippen molar-refractivity contribution in [3.63, 3.8) is 0 Å². The highest BCUT2D eigenvalue weighted by Crippen LogP contribution is 2.43. The smallest absolute Gasteiger partial charge is 0.245 e. The largest absolute Gasteiger partial charge is 0.305 e. The van der Waals surface area contributed by atoms with Crippen molar-refractivity contribution in [3.8, 4) is 0 Å². The molecule has 0 saturated carbocycles. The average molecular weight is 284 g/mol. The zero-order chi connectivity index (χ0) is 14.4. The van der Waals surface area contributed by atoms with Crippen molar-refractivity contribution >= 4 is 23.2 Å². The summed E-state index contributed by atoms with van der Waals surface area (Å²) in [5.74, 6) is -0.214. The molecule has 1 heterocycles. The van der Waals surface area contributed by atoms with Crippen LogP contribution in [0.15, 0.2) is 18.2 Å². The number of halogens is 2. The lowest BCUT2D eigenvalue weighted by Crippen LogP contribution is -2.53. The lowest BCUT2D eigenvalue weighted by atomic mass is 9.80. The maximum absolute atomic E-state index is 13.5. The molecule has 0 radical (unpaired) electrons. The predicted octanol–water partition coefficient (Wildman–Crippen LogP) is 4.07. The van der Waals surface area contributed by atoms with Crippen molar-refractivity contribution in [1.29, 1.82) is 0 Å². The third-order valence-corrected chi connectivity index (χ3v) is 3.92. The third-order valence-electron chi connectivity index (χ3n) is 3.74. The summed E-state index contributed by atoms with van der Waals surface area (Å²) in [4.78, 5) is 14.0. The zero-order valence-electron chi connectivity index (χ0n) is 11.7. The second-order valence-corrected chi connectivity index (χ2v) is 6.57. The first-order valence-corrected chi connectivity index (χ1v) is 6.95. The minimum Gasteiger partial charge on any atom is -0.305 e. The standard InChI is InChI=1S/C15H19ClFNO/c1-9-8-15(3,4)18(14(19)10(2)16)13-7-11(17)5-6-12(9)13/h5-7,9-10H,8H2,1-4H3/t9-,10-/m0/s1. The van der Waals surface area contributed by atoms with Crippen LogP contribution in [0.5, 0.6) is 0 Å². The van der Waals surface area contributed by atoms with Crippen molar-refractivity contribution in [1.82, 2.24) is 0 Å². The molecule has 1 amide bonds. The number of carbonyl (C=O) groups is 1. The molecule has 2 atom stereocenters. The van der Waals surface area contributed by atoms with Crippen molar-refractivity contribution in [3.05, 3.63) is 29.6 Å². The second-order valence-electron chi connectivity index (χ2n) is 5.91. The zero-order valence-corrected chi connectivity index (χ0v) is 12.5. The van der Waals surface area contributed by atoms with E-state index in [9.17, 15) is 9.18 Å². The van der Waals surface area contributed by atoms with E-state index < -0.39 is 5.38 Å². The lowest BCUT2D eigenvalue weighted by molar-refractivity contribution is -0.119. The van der Waals surface area contributed by atoms with Crippen LogP contribution >= 0.6 is 11.6 Å². The Morgan fingerprint density at radius 3 is 2.74 bits per heavy atom. The van der Waals surface area contributed by atoms with Crippen molar-refractivity contribution in [2.45, 2.75) is 50.9 Å². The predicted molar refractivity (Wildman–Crippen MR) is 76.3 cm³/mol. The van der Waals surface area contributed by atoms with E-state index in [0.717, 1.165) is 12.0 Å². The number of amides is 1. The fourth-order valence-electron chi connectivity index (χ4n) is 3.00. The van der Waals surface area contributed by atoms with E-state index in [1.807, 2.05) is 13.8 Å². The fraction of sp³-hybridized carbons (Fsp3) is 0.533. The average Bonchev–Trinajstić information content (AvgIpc) is 2.26. The van der Waals surface area contributed by atoms with Gasteiger partial charge in [-0.2, -0.15) is 0 Å².